The third-order valence-corrected chi connectivity index (χ3v) is 6.18. The van der Waals surface area contributed by atoms with Crippen molar-refractivity contribution in [2.75, 3.05) is 52.9 Å². The van der Waals surface area contributed by atoms with E-state index < -0.39 is 0 Å². The van der Waals surface area contributed by atoms with Gasteiger partial charge in [-0.3, -0.25) is 4.99 Å². The quantitative estimate of drug-likeness (QED) is 0.533. The summed E-state index contributed by atoms with van der Waals surface area (Å²) < 4.78 is 0. The highest BCUT2D eigenvalue weighted by atomic mass is 15.2. The number of guanidine groups is 1. The molecule has 2 heterocycles. The lowest BCUT2D eigenvalue weighted by molar-refractivity contribution is 0.206. The minimum atomic E-state index is 0.560. The zero-order valence-corrected chi connectivity index (χ0v) is 17.9. The molecule has 5 nitrogen and oxygen atoms in total. The number of benzene rings is 1. The second-order valence-electron chi connectivity index (χ2n) is 8.40. The first-order chi connectivity index (χ1) is 13.8. The van der Waals surface area contributed by atoms with Gasteiger partial charge in [0.1, 0.15) is 0 Å². The van der Waals surface area contributed by atoms with Crippen molar-refractivity contribution < 1.29 is 0 Å². The second-order valence-corrected chi connectivity index (χ2v) is 8.40. The number of nitrogens with one attached hydrogen (secondary N) is 2. The van der Waals surface area contributed by atoms with E-state index in [4.69, 9.17) is 0 Å². The van der Waals surface area contributed by atoms with Crippen molar-refractivity contribution in [2.45, 2.75) is 45.1 Å². The van der Waals surface area contributed by atoms with Gasteiger partial charge in [0, 0.05) is 45.8 Å². The Hall–Kier alpha value is -1.59. The third-order valence-electron chi connectivity index (χ3n) is 6.18. The standard InChI is InChI=1S/C23H39N5/c1-3-13-27-16-11-22(12-17-27)26-23(24-2)25-18-21-10-15-28(19-21)14-9-20-7-5-4-6-8-20/h4-8,21-22H,3,9-19H2,1-2H3,(H2,24,25,26). The third kappa shape index (κ3) is 6.78. The van der Waals surface area contributed by atoms with Crippen LogP contribution in [0.15, 0.2) is 35.3 Å². The largest absolute Gasteiger partial charge is 0.356 e. The first kappa shape index (κ1) is 21.1. The van der Waals surface area contributed by atoms with Crippen molar-refractivity contribution in [3.8, 4) is 0 Å². The van der Waals surface area contributed by atoms with E-state index in [1.54, 1.807) is 0 Å². The zero-order chi connectivity index (χ0) is 19.6. The lowest BCUT2D eigenvalue weighted by atomic mass is 10.1. The molecule has 5 heteroatoms. The molecule has 28 heavy (non-hydrogen) atoms. The number of hydrogen-bond acceptors (Lipinski definition) is 3. The Balaban J connectivity index is 1.32. The number of nitrogens with zero attached hydrogens (tertiary/aromatic N) is 3. The maximum atomic E-state index is 4.46. The molecule has 2 aliphatic heterocycles. The highest BCUT2D eigenvalue weighted by Crippen LogP contribution is 2.16. The highest BCUT2D eigenvalue weighted by molar-refractivity contribution is 5.79. The van der Waals surface area contributed by atoms with Crippen LogP contribution >= 0.6 is 0 Å². The van der Waals surface area contributed by atoms with Gasteiger partial charge in [-0.25, -0.2) is 0 Å². The van der Waals surface area contributed by atoms with Crippen LogP contribution in [-0.4, -0.2) is 74.7 Å². The van der Waals surface area contributed by atoms with E-state index in [0.717, 1.165) is 24.8 Å². The van der Waals surface area contributed by atoms with Crippen molar-refractivity contribution in [2.24, 2.45) is 10.9 Å². The van der Waals surface area contributed by atoms with Crippen LogP contribution in [0, 0.1) is 5.92 Å². The molecule has 2 N–H and O–H groups in total. The molecule has 0 bridgehead atoms. The van der Waals surface area contributed by atoms with Crippen molar-refractivity contribution in [1.29, 1.82) is 0 Å². The van der Waals surface area contributed by atoms with E-state index in [2.05, 4.69) is 62.7 Å². The first-order valence-corrected chi connectivity index (χ1v) is 11.2. The fourth-order valence-electron chi connectivity index (χ4n) is 4.46. The Kier molecular flexibility index (Phi) is 8.62. The average molecular weight is 386 g/mol. The molecule has 0 aliphatic carbocycles. The normalized spacial score (nSPS) is 22.5. The molecule has 3 rings (SSSR count). The Morgan fingerprint density at radius 1 is 1.04 bits per heavy atom. The number of aliphatic imine (C=N–C) groups is 1. The molecule has 0 saturated carbocycles. The zero-order valence-electron chi connectivity index (χ0n) is 17.9. The monoisotopic (exact) mass is 385 g/mol. The minimum absolute atomic E-state index is 0.560. The number of piperidine rings is 1. The molecule has 2 fully saturated rings. The highest BCUT2D eigenvalue weighted by Gasteiger charge is 2.23. The van der Waals surface area contributed by atoms with E-state index in [-0.39, 0.29) is 0 Å². The SMILES string of the molecule is CCCN1CCC(NC(=NC)NCC2CCN(CCc3ccccc3)C2)CC1. The van der Waals surface area contributed by atoms with Gasteiger partial charge in [0.25, 0.3) is 0 Å². The van der Waals surface area contributed by atoms with E-state index in [1.807, 2.05) is 7.05 Å². The molecule has 1 atom stereocenters. The van der Waals surface area contributed by atoms with Gasteiger partial charge in [-0.2, -0.15) is 0 Å². The fraction of sp³-hybridized carbons (Fsp3) is 0.696. The van der Waals surface area contributed by atoms with Crippen LogP contribution in [-0.2, 0) is 6.42 Å². The van der Waals surface area contributed by atoms with Gasteiger partial charge in [0.05, 0.1) is 0 Å². The summed E-state index contributed by atoms with van der Waals surface area (Å²) in [5.41, 5.74) is 1.44. The molecule has 1 aromatic carbocycles. The summed E-state index contributed by atoms with van der Waals surface area (Å²) in [5.74, 6) is 1.71. The molecule has 2 saturated heterocycles. The molecule has 2 aliphatic rings. The van der Waals surface area contributed by atoms with Crippen LogP contribution in [0.3, 0.4) is 0 Å². The molecule has 156 valence electrons. The van der Waals surface area contributed by atoms with Gasteiger partial charge in [-0.1, -0.05) is 37.3 Å². The number of hydrogen-bond donors (Lipinski definition) is 2. The Morgan fingerprint density at radius 2 is 1.79 bits per heavy atom. The summed E-state index contributed by atoms with van der Waals surface area (Å²) in [4.78, 5) is 9.65. The van der Waals surface area contributed by atoms with Crippen LogP contribution in [0.5, 0.6) is 0 Å². The molecular weight excluding hydrogens is 346 g/mol. The number of rotatable bonds is 8. The Labute approximate surface area is 171 Å². The van der Waals surface area contributed by atoms with Crippen LogP contribution in [0.25, 0.3) is 0 Å². The van der Waals surface area contributed by atoms with E-state index in [0.29, 0.717) is 6.04 Å². The molecule has 0 aromatic heterocycles. The van der Waals surface area contributed by atoms with Crippen LogP contribution in [0.4, 0.5) is 0 Å². The van der Waals surface area contributed by atoms with E-state index in [9.17, 15) is 0 Å². The second kappa shape index (κ2) is 11.4. The minimum Gasteiger partial charge on any atom is -0.356 e. The van der Waals surface area contributed by atoms with Crippen LogP contribution in [0.2, 0.25) is 0 Å². The van der Waals surface area contributed by atoms with E-state index >= 15 is 0 Å². The van der Waals surface area contributed by atoms with Crippen molar-refractivity contribution in [1.82, 2.24) is 20.4 Å². The predicted molar refractivity (Wildman–Crippen MR) is 119 cm³/mol. The lowest BCUT2D eigenvalue weighted by Gasteiger charge is -2.33. The molecule has 0 amide bonds. The molecular formula is C23H39N5. The molecule has 0 radical (unpaired) electrons. The van der Waals surface area contributed by atoms with Crippen molar-refractivity contribution in [3.05, 3.63) is 35.9 Å². The summed E-state index contributed by atoms with van der Waals surface area (Å²) in [5, 5.41) is 7.24. The van der Waals surface area contributed by atoms with Gasteiger partial charge in [0.2, 0.25) is 0 Å². The van der Waals surface area contributed by atoms with Crippen molar-refractivity contribution in [3.63, 3.8) is 0 Å². The maximum absolute atomic E-state index is 4.46. The smallest absolute Gasteiger partial charge is 0.191 e. The number of likely N-dealkylation sites (tertiary alicyclic amines) is 2. The maximum Gasteiger partial charge on any atom is 0.191 e. The molecule has 1 aromatic rings. The summed E-state index contributed by atoms with van der Waals surface area (Å²) in [7, 11) is 1.89. The average Bonchev–Trinajstić information content (AvgIpc) is 3.20. The van der Waals surface area contributed by atoms with Gasteiger partial charge in [-0.05, 0) is 56.7 Å². The predicted octanol–water partition coefficient (Wildman–Crippen LogP) is 2.59. The summed E-state index contributed by atoms with van der Waals surface area (Å²) in [6.07, 6.45) is 6.13. The Morgan fingerprint density at radius 3 is 2.50 bits per heavy atom. The Bertz CT molecular complexity index is 580. The summed E-state index contributed by atoms with van der Waals surface area (Å²) >= 11 is 0. The van der Waals surface area contributed by atoms with Gasteiger partial charge < -0.3 is 20.4 Å². The summed E-state index contributed by atoms with van der Waals surface area (Å²) in [6.45, 7) is 10.5. The van der Waals surface area contributed by atoms with Gasteiger partial charge in [0.15, 0.2) is 5.96 Å². The fourth-order valence-corrected chi connectivity index (χ4v) is 4.46. The lowest BCUT2D eigenvalue weighted by Crippen LogP contribution is -2.49. The van der Waals surface area contributed by atoms with Gasteiger partial charge in [-0.15, -0.1) is 0 Å². The van der Waals surface area contributed by atoms with Crippen LogP contribution < -0.4 is 10.6 Å². The van der Waals surface area contributed by atoms with Crippen LogP contribution in [0.1, 0.15) is 38.2 Å². The molecule has 0 spiro atoms. The topological polar surface area (TPSA) is 42.9 Å². The van der Waals surface area contributed by atoms with E-state index in [1.165, 1.54) is 70.5 Å². The van der Waals surface area contributed by atoms with Gasteiger partial charge >= 0.3 is 0 Å². The van der Waals surface area contributed by atoms with Crippen molar-refractivity contribution >= 4 is 5.96 Å². The molecule has 1 unspecified atom stereocenters. The first-order valence-electron chi connectivity index (χ1n) is 11.2. The summed E-state index contributed by atoms with van der Waals surface area (Å²) in [6, 6.07) is 11.4.